The van der Waals surface area contributed by atoms with Gasteiger partial charge in [0.05, 0.1) is 77.9 Å². The summed E-state index contributed by atoms with van der Waals surface area (Å²) in [6.07, 6.45) is 0.469. The van der Waals surface area contributed by atoms with Gasteiger partial charge in [0.1, 0.15) is 36.8 Å². The summed E-state index contributed by atoms with van der Waals surface area (Å²) in [6.45, 7) is 15.8. The molecule has 21 nitrogen and oxygen atoms in total. The highest BCUT2D eigenvalue weighted by molar-refractivity contribution is 6.04. The number of benzene rings is 2. The number of halogens is 6. The van der Waals surface area contributed by atoms with E-state index in [0.29, 0.717) is 78.4 Å². The van der Waals surface area contributed by atoms with Crippen molar-refractivity contribution >= 4 is 40.4 Å². The Morgan fingerprint density at radius 2 is 1.22 bits per heavy atom. The Morgan fingerprint density at radius 3 is 1.76 bits per heavy atom. The number of nitrogens with one attached hydrogen (secondary N) is 2. The van der Waals surface area contributed by atoms with Crippen LogP contribution < -0.4 is 40.5 Å². The molecule has 0 spiro atoms. The van der Waals surface area contributed by atoms with E-state index in [1.807, 2.05) is 34.6 Å². The van der Waals surface area contributed by atoms with Crippen molar-refractivity contribution in [1.29, 1.82) is 0 Å². The molecule has 82 heavy (non-hydrogen) atoms. The van der Waals surface area contributed by atoms with E-state index in [-0.39, 0.29) is 42.3 Å². The van der Waals surface area contributed by atoms with Gasteiger partial charge >= 0.3 is 30.4 Å². The summed E-state index contributed by atoms with van der Waals surface area (Å²) in [6, 6.07) is 10.2. The van der Waals surface area contributed by atoms with Gasteiger partial charge in [-0.25, -0.2) is 44.7 Å². The molecule has 2 amide bonds. The monoisotopic (exact) mass is 1140 g/mol. The molecular formula is C55H62F6N14O7. The number of aromatic nitrogens is 8. The van der Waals surface area contributed by atoms with Crippen LogP contribution in [-0.4, -0.2) is 134 Å². The summed E-state index contributed by atoms with van der Waals surface area (Å²) >= 11 is 0. The number of fused-ring (bicyclic) bond motifs is 8. The zero-order chi connectivity index (χ0) is 58.1. The second-order valence-electron chi connectivity index (χ2n) is 21.3. The largest absolute Gasteiger partial charge is 0.461 e. The number of nitrogens with zero attached hydrogens (tertiary/aromatic N) is 11. The van der Waals surface area contributed by atoms with E-state index in [4.69, 9.17) is 34.2 Å². The third-order valence-corrected chi connectivity index (χ3v) is 14.1. The molecule has 6 aromatic rings. The number of carbonyl (C=O) groups is 1. The third-order valence-electron chi connectivity index (χ3n) is 14.1. The number of alkyl halides is 6. The van der Waals surface area contributed by atoms with E-state index < -0.39 is 41.1 Å². The van der Waals surface area contributed by atoms with Crippen LogP contribution in [0.1, 0.15) is 75.9 Å². The van der Waals surface area contributed by atoms with Crippen LogP contribution in [0, 0.1) is 13.8 Å². The highest BCUT2D eigenvalue weighted by Crippen LogP contribution is 2.42. The van der Waals surface area contributed by atoms with E-state index in [0.717, 1.165) is 86.8 Å². The highest BCUT2D eigenvalue weighted by Gasteiger charge is 2.41. The van der Waals surface area contributed by atoms with Crippen LogP contribution in [0.15, 0.2) is 73.3 Å². The molecule has 0 unspecified atom stereocenters. The predicted molar refractivity (Wildman–Crippen MR) is 289 cm³/mol. The zero-order valence-corrected chi connectivity index (χ0v) is 45.8. The molecule has 6 aliphatic heterocycles. The van der Waals surface area contributed by atoms with Crippen LogP contribution in [0.5, 0.6) is 12.0 Å². The highest BCUT2D eigenvalue weighted by atomic mass is 19.4. The molecular weight excluding hydrogens is 1080 g/mol. The summed E-state index contributed by atoms with van der Waals surface area (Å²) in [7, 11) is 0. The molecule has 10 heterocycles. The van der Waals surface area contributed by atoms with Crippen molar-refractivity contribution in [2.75, 3.05) is 83.7 Å². The average Bonchev–Trinajstić information content (AvgIpc) is 2.75. The number of ether oxygens (including phenoxy) is 6. The van der Waals surface area contributed by atoms with Gasteiger partial charge in [-0.15, -0.1) is 0 Å². The van der Waals surface area contributed by atoms with Crippen molar-refractivity contribution in [3.05, 3.63) is 95.8 Å². The van der Waals surface area contributed by atoms with E-state index >= 15 is 0 Å². The lowest BCUT2D eigenvalue weighted by atomic mass is 9.99. The number of nitrogens with two attached hydrogens (primary N) is 1. The normalized spacial score (nSPS) is 21.1. The number of nitrogen functional groups attached to an aromatic ring is 1. The maximum absolute atomic E-state index is 13.7. The van der Waals surface area contributed by atoms with Crippen LogP contribution in [-0.2, 0) is 31.3 Å². The second kappa shape index (κ2) is 23.2. The molecule has 12 rings (SSSR count). The van der Waals surface area contributed by atoms with Crippen molar-refractivity contribution < 1.29 is 59.6 Å². The Hall–Kier alpha value is -7.75. The molecule has 4 atom stereocenters. The number of hydrogen-bond donors (Lipinski definition) is 3. The lowest BCUT2D eigenvalue weighted by molar-refractivity contribution is -0.142. The van der Waals surface area contributed by atoms with Crippen LogP contribution in [0.25, 0.3) is 22.8 Å². The van der Waals surface area contributed by atoms with Crippen molar-refractivity contribution in [3.63, 3.8) is 0 Å². The molecule has 4 fully saturated rings. The van der Waals surface area contributed by atoms with Gasteiger partial charge in [-0.2, -0.15) is 26.3 Å². The van der Waals surface area contributed by atoms with E-state index in [1.165, 1.54) is 43.0 Å². The topological polar surface area (TPSA) is 235 Å². The minimum atomic E-state index is -4.51. The lowest BCUT2D eigenvalue weighted by Gasteiger charge is -2.46. The van der Waals surface area contributed by atoms with E-state index in [9.17, 15) is 31.1 Å². The number of aryl methyl sites for hydroxylation is 2. The fraction of sp³-hybridized carbons (Fsp3) is 0.473. The lowest BCUT2D eigenvalue weighted by Crippen LogP contribution is -2.56. The smallest absolute Gasteiger partial charge is 0.416 e. The second-order valence-corrected chi connectivity index (χ2v) is 21.3. The number of amides is 2. The number of urea groups is 1. The zero-order valence-electron chi connectivity index (χ0n) is 45.8. The molecule has 0 saturated carbocycles. The Balaban J connectivity index is 0.000000157. The summed E-state index contributed by atoms with van der Waals surface area (Å²) < 4.78 is 112. The maximum Gasteiger partial charge on any atom is 0.416 e. The van der Waals surface area contributed by atoms with Gasteiger partial charge in [0.15, 0.2) is 34.9 Å². The number of anilines is 6. The number of piperidine rings is 2. The van der Waals surface area contributed by atoms with Gasteiger partial charge in [0.25, 0.3) is 0 Å². The molecule has 0 radical (unpaired) electrons. The van der Waals surface area contributed by atoms with Crippen LogP contribution in [0.2, 0.25) is 0 Å². The number of carbonyl (C=O) groups excluding carboxylic acids is 1. The summed E-state index contributed by atoms with van der Waals surface area (Å²) in [5.74, 6) is 0.322. The Labute approximate surface area is 468 Å². The average molecular weight is 1150 g/mol. The molecule has 0 aliphatic carbocycles. The third kappa shape index (κ3) is 13.6. The standard InChI is InChI=1S/C28H30F3N7O4.C17H17F3N4.C10H15N3O3/c1-16-22-24(36-23(34-16)17-6-4-7-18(10-17)28(29,30)31)38(20-8-5-9-37(22)13-20)26(39)35-19-11-32-25(33-12-19)40-14-21-15-41-27(2,3)42-21;1-10-14-16(22-13-6-3-7-24(14)9-13)23-15(21-10)11-4-2-5-12(8-11)17(18,19)20;1-10(2)15-6-8(16-10)5-14-9-12-3-7(11)4-13-9/h4,6-7,10-12,20-21H,5,8-9,13-15H2,1-3H3,(H,35,39);2,4-5,8,13H,3,6-7,9H2,1H3,(H,21,22,23);3-4,8H,5-6,11H2,1-2H3/t20-,21-;13-;8-/m000/s1. The van der Waals surface area contributed by atoms with Gasteiger partial charge in [0, 0.05) is 43.3 Å². The molecule has 2 aromatic carbocycles. The minimum absolute atomic E-state index is 0.0869. The Bertz CT molecular complexity index is 3250. The van der Waals surface area contributed by atoms with E-state index in [1.54, 1.807) is 17.9 Å². The summed E-state index contributed by atoms with van der Waals surface area (Å²) in [5.41, 5.74) is 8.45. The van der Waals surface area contributed by atoms with Gasteiger partial charge in [-0.3, -0.25) is 4.90 Å². The quantitative estimate of drug-likeness (QED) is 0.114. The first kappa shape index (κ1) is 57.5. The Morgan fingerprint density at radius 1 is 0.707 bits per heavy atom. The van der Waals surface area contributed by atoms with Crippen molar-refractivity contribution in [2.45, 2.75) is 115 Å². The number of rotatable bonds is 9. The molecule has 4 bridgehead atoms. The SMILES string of the molecule is CC1(C)OC[C@H](COc2ncc(N)cn2)O1.Cc1nc(-c2cccc(C(F)(F)F)c2)nc2c1N1CCC[C@@H](C1)N2.Cc1nc(-c2cccc(C(F)(F)F)c2)nc2c1N1CCC[C@@H](C1)N2C(=O)Nc1cnc(OC[C@H]2COC(C)(C)O2)nc1. The fourth-order valence-electron chi connectivity index (χ4n) is 10.4. The minimum Gasteiger partial charge on any atom is -0.461 e. The molecule has 6 aliphatic rings. The first-order chi connectivity index (χ1) is 38.9. The fourth-order valence-corrected chi connectivity index (χ4v) is 10.4. The van der Waals surface area contributed by atoms with Gasteiger partial charge in [-0.1, -0.05) is 24.3 Å². The summed E-state index contributed by atoms with van der Waals surface area (Å²) in [5, 5.41) is 6.24. The van der Waals surface area contributed by atoms with Crippen LogP contribution >= 0.6 is 0 Å². The summed E-state index contributed by atoms with van der Waals surface area (Å²) in [4.78, 5) is 54.1. The molecule has 4 N–H and O–H groups in total. The molecule has 4 saturated heterocycles. The van der Waals surface area contributed by atoms with Crippen molar-refractivity contribution in [1.82, 2.24) is 39.9 Å². The van der Waals surface area contributed by atoms with Gasteiger partial charge in [0.2, 0.25) is 0 Å². The van der Waals surface area contributed by atoms with E-state index in [2.05, 4.69) is 60.3 Å². The number of hydrogen-bond acceptors (Lipinski definition) is 19. The maximum atomic E-state index is 13.7. The van der Waals surface area contributed by atoms with Crippen LogP contribution in [0.3, 0.4) is 0 Å². The van der Waals surface area contributed by atoms with Gasteiger partial charge < -0.3 is 54.6 Å². The first-order valence-electron chi connectivity index (χ1n) is 26.7. The molecule has 4 aromatic heterocycles. The van der Waals surface area contributed by atoms with Gasteiger partial charge in [-0.05, 0) is 91.5 Å². The molecule has 436 valence electrons. The first-order valence-corrected chi connectivity index (χ1v) is 26.7. The van der Waals surface area contributed by atoms with Crippen LogP contribution in [0.4, 0.5) is 65.5 Å². The van der Waals surface area contributed by atoms with Crippen molar-refractivity contribution in [3.8, 4) is 34.8 Å². The Kier molecular flexibility index (Phi) is 16.3. The van der Waals surface area contributed by atoms with Crippen molar-refractivity contribution in [2.24, 2.45) is 0 Å². The predicted octanol–water partition coefficient (Wildman–Crippen LogP) is 9.27. The molecule has 27 heteroatoms.